The van der Waals surface area contributed by atoms with Crippen LogP contribution < -0.4 is 15.1 Å². The van der Waals surface area contributed by atoms with Crippen LogP contribution in [0.5, 0.6) is 5.75 Å². The third kappa shape index (κ3) is 6.77. The van der Waals surface area contributed by atoms with Crippen molar-refractivity contribution in [1.82, 2.24) is 5.43 Å². The van der Waals surface area contributed by atoms with Crippen LogP contribution in [-0.4, -0.2) is 30.1 Å². The summed E-state index contributed by atoms with van der Waals surface area (Å²) in [5.41, 5.74) is 5.44. The zero-order chi connectivity index (χ0) is 24.5. The van der Waals surface area contributed by atoms with Crippen LogP contribution in [0.3, 0.4) is 0 Å². The van der Waals surface area contributed by atoms with Gasteiger partial charge in [0.25, 0.3) is 11.6 Å². The zero-order valence-electron chi connectivity index (χ0n) is 18.9. The van der Waals surface area contributed by atoms with Crippen molar-refractivity contribution in [2.45, 2.75) is 20.5 Å². The number of nitrogens with zero attached hydrogens (tertiary/aromatic N) is 3. The van der Waals surface area contributed by atoms with Gasteiger partial charge in [0.15, 0.2) is 0 Å². The van der Waals surface area contributed by atoms with E-state index in [1.807, 2.05) is 42.5 Å². The van der Waals surface area contributed by atoms with Crippen molar-refractivity contribution in [1.29, 1.82) is 0 Å². The molecule has 3 rings (SSSR count). The van der Waals surface area contributed by atoms with Gasteiger partial charge in [0.2, 0.25) is 0 Å². The fourth-order valence-corrected chi connectivity index (χ4v) is 3.60. The topological polar surface area (TPSA) is 97.1 Å². The van der Waals surface area contributed by atoms with Crippen LogP contribution in [-0.2, 0) is 6.61 Å². The van der Waals surface area contributed by atoms with Gasteiger partial charge in [-0.25, -0.2) is 5.43 Å². The van der Waals surface area contributed by atoms with Crippen molar-refractivity contribution in [3.63, 3.8) is 0 Å². The van der Waals surface area contributed by atoms with E-state index < -0.39 is 10.8 Å². The smallest absolute Gasteiger partial charge is 0.271 e. The molecule has 0 aliphatic carbocycles. The minimum atomic E-state index is -0.514. The fourth-order valence-electron chi connectivity index (χ4n) is 3.24. The molecule has 8 nitrogen and oxygen atoms in total. The van der Waals surface area contributed by atoms with Crippen molar-refractivity contribution in [2.24, 2.45) is 5.10 Å². The molecule has 0 spiro atoms. The van der Waals surface area contributed by atoms with E-state index in [2.05, 4.69) is 51.9 Å². The van der Waals surface area contributed by atoms with E-state index in [-0.39, 0.29) is 11.3 Å². The molecular weight excluding hydrogens is 547 g/mol. The van der Waals surface area contributed by atoms with Crippen LogP contribution in [0.15, 0.2) is 71.8 Å². The van der Waals surface area contributed by atoms with Crippen LogP contribution in [0.4, 0.5) is 11.4 Å². The zero-order valence-corrected chi connectivity index (χ0v) is 21.1. The number of amides is 1. The molecule has 3 aromatic carbocycles. The highest BCUT2D eigenvalue weighted by Crippen LogP contribution is 2.26. The van der Waals surface area contributed by atoms with E-state index in [0.717, 1.165) is 27.9 Å². The van der Waals surface area contributed by atoms with Crippen LogP contribution in [0, 0.1) is 13.7 Å². The van der Waals surface area contributed by atoms with Gasteiger partial charge in [-0.3, -0.25) is 14.9 Å². The molecule has 0 aromatic heterocycles. The first kappa shape index (κ1) is 25.2. The number of hydrogen-bond donors (Lipinski definition) is 1. The molecule has 0 saturated heterocycles. The second-order valence-corrected chi connectivity index (χ2v) is 8.56. The Hall–Kier alpha value is -3.47. The SMILES string of the molecule is CCN(CC)c1ccc(/C=N\NC(=O)c2ccc([N+](=O)[O-])cc2)c(OCc2ccc(I)cc2)c1. The van der Waals surface area contributed by atoms with Crippen molar-refractivity contribution in [3.8, 4) is 5.75 Å². The number of hydrogen-bond acceptors (Lipinski definition) is 6. The highest BCUT2D eigenvalue weighted by molar-refractivity contribution is 14.1. The predicted octanol–water partition coefficient (Wildman–Crippen LogP) is 5.39. The summed E-state index contributed by atoms with van der Waals surface area (Å²) in [6.45, 7) is 6.32. The molecule has 0 bridgehead atoms. The van der Waals surface area contributed by atoms with Gasteiger partial charge in [0, 0.05) is 51.7 Å². The Morgan fingerprint density at radius 3 is 2.38 bits per heavy atom. The summed E-state index contributed by atoms with van der Waals surface area (Å²) < 4.78 is 7.28. The maximum atomic E-state index is 12.3. The van der Waals surface area contributed by atoms with Gasteiger partial charge >= 0.3 is 0 Å². The number of carbonyl (C=O) groups is 1. The highest BCUT2D eigenvalue weighted by Gasteiger charge is 2.10. The van der Waals surface area contributed by atoms with Crippen molar-refractivity contribution in [3.05, 3.63) is 97.1 Å². The molecule has 0 atom stereocenters. The number of rotatable bonds is 10. The minimum Gasteiger partial charge on any atom is -0.488 e. The maximum Gasteiger partial charge on any atom is 0.271 e. The van der Waals surface area contributed by atoms with Crippen LogP contribution in [0.1, 0.15) is 35.3 Å². The Bertz CT molecular complexity index is 1160. The number of nitro benzene ring substituents is 1. The lowest BCUT2D eigenvalue weighted by atomic mass is 10.1. The van der Waals surface area contributed by atoms with E-state index in [1.54, 1.807) is 0 Å². The van der Waals surface area contributed by atoms with Crippen molar-refractivity contribution < 1.29 is 14.5 Å². The van der Waals surface area contributed by atoms with Gasteiger partial charge in [-0.1, -0.05) is 12.1 Å². The Morgan fingerprint density at radius 1 is 1.09 bits per heavy atom. The fraction of sp³-hybridized carbons (Fsp3) is 0.200. The first-order valence-corrected chi connectivity index (χ1v) is 11.8. The number of carbonyl (C=O) groups excluding carboxylic acids is 1. The van der Waals surface area contributed by atoms with Crippen molar-refractivity contribution >= 4 is 46.1 Å². The number of nitro groups is 1. The van der Waals surface area contributed by atoms with E-state index >= 15 is 0 Å². The molecule has 0 unspecified atom stereocenters. The normalized spacial score (nSPS) is 10.8. The quantitative estimate of drug-likeness (QED) is 0.152. The average molecular weight is 572 g/mol. The van der Waals surface area contributed by atoms with Gasteiger partial charge in [0.1, 0.15) is 12.4 Å². The molecule has 176 valence electrons. The molecule has 0 aliphatic heterocycles. The van der Waals surface area contributed by atoms with Crippen molar-refractivity contribution in [2.75, 3.05) is 18.0 Å². The maximum absolute atomic E-state index is 12.3. The molecule has 0 saturated carbocycles. The van der Waals surface area contributed by atoms with Crippen LogP contribution >= 0.6 is 22.6 Å². The van der Waals surface area contributed by atoms with E-state index in [0.29, 0.717) is 17.9 Å². The molecular formula is C25H25IN4O4. The first-order chi connectivity index (χ1) is 16.4. The summed E-state index contributed by atoms with van der Waals surface area (Å²) in [4.78, 5) is 24.8. The molecule has 1 N–H and O–H groups in total. The summed E-state index contributed by atoms with van der Waals surface area (Å²) in [7, 11) is 0. The third-order valence-electron chi connectivity index (χ3n) is 5.14. The molecule has 3 aromatic rings. The molecule has 34 heavy (non-hydrogen) atoms. The van der Waals surface area contributed by atoms with Gasteiger partial charge in [-0.05, 0) is 78.4 Å². The van der Waals surface area contributed by atoms with Gasteiger partial charge in [-0.15, -0.1) is 0 Å². The third-order valence-corrected chi connectivity index (χ3v) is 5.86. The highest BCUT2D eigenvalue weighted by atomic mass is 127. The summed E-state index contributed by atoms with van der Waals surface area (Å²) in [5.74, 6) is 0.184. The summed E-state index contributed by atoms with van der Waals surface area (Å²) >= 11 is 2.26. The number of benzene rings is 3. The standard InChI is InChI=1S/C25H25IN4O4/c1-3-29(4-2)23-14-9-20(24(15-23)34-17-18-5-10-21(26)11-6-18)16-27-28-25(31)19-7-12-22(13-8-19)30(32)33/h5-16H,3-4,17H2,1-2H3,(H,28,31)/b27-16-. The van der Waals surface area contributed by atoms with E-state index in [9.17, 15) is 14.9 Å². The summed E-state index contributed by atoms with van der Waals surface area (Å²) in [6.07, 6.45) is 1.53. The molecule has 0 aliphatic rings. The van der Waals surface area contributed by atoms with Crippen LogP contribution in [0.25, 0.3) is 0 Å². The lowest BCUT2D eigenvalue weighted by Crippen LogP contribution is -2.21. The average Bonchev–Trinajstić information content (AvgIpc) is 2.85. The van der Waals surface area contributed by atoms with E-state index in [4.69, 9.17) is 4.74 Å². The second-order valence-electron chi connectivity index (χ2n) is 7.31. The number of nitrogens with one attached hydrogen (secondary N) is 1. The Kier molecular flexibility index (Phi) is 8.97. The minimum absolute atomic E-state index is 0.0803. The number of halogens is 1. The number of hydrazone groups is 1. The largest absolute Gasteiger partial charge is 0.488 e. The predicted molar refractivity (Wildman–Crippen MR) is 142 cm³/mol. The van der Waals surface area contributed by atoms with Gasteiger partial charge in [-0.2, -0.15) is 5.10 Å². The molecule has 0 heterocycles. The van der Waals surface area contributed by atoms with Gasteiger partial charge < -0.3 is 9.64 Å². The Labute approximate surface area is 211 Å². The number of non-ortho nitro benzene ring substituents is 1. The molecule has 1 amide bonds. The first-order valence-electron chi connectivity index (χ1n) is 10.7. The number of ether oxygens (including phenoxy) is 1. The number of anilines is 1. The molecule has 9 heteroatoms. The lowest BCUT2D eigenvalue weighted by molar-refractivity contribution is -0.384. The van der Waals surface area contributed by atoms with Gasteiger partial charge in [0.05, 0.1) is 11.1 Å². The second kappa shape index (κ2) is 12.1. The molecule has 0 fully saturated rings. The lowest BCUT2D eigenvalue weighted by Gasteiger charge is -2.22. The Balaban J connectivity index is 1.76. The monoisotopic (exact) mass is 572 g/mol. The van der Waals surface area contributed by atoms with E-state index in [1.165, 1.54) is 30.5 Å². The Morgan fingerprint density at radius 2 is 1.76 bits per heavy atom. The van der Waals surface area contributed by atoms with Crippen LogP contribution in [0.2, 0.25) is 0 Å². The molecule has 0 radical (unpaired) electrons. The summed E-state index contributed by atoms with van der Waals surface area (Å²) in [5, 5.41) is 14.8. The summed E-state index contributed by atoms with van der Waals surface area (Å²) in [6, 6.07) is 19.3.